The van der Waals surface area contributed by atoms with Crippen LogP contribution >= 0.6 is 0 Å². The van der Waals surface area contributed by atoms with Gasteiger partial charge in [0, 0.05) is 17.5 Å². The second-order valence-electron chi connectivity index (χ2n) is 4.03. The van der Waals surface area contributed by atoms with Crippen molar-refractivity contribution in [2.75, 3.05) is 6.54 Å². The van der Waals surface area contributed by atoms with Gasteiger partial charge in [-0.1, -0.05) is 24.3 Å². The molecule has 0 aliphatic heterocycles. The van der Waals surface area contributed by atoms with E-state index in [2.05, 4.69) is 5.32 Å². The lowest BCUT2D eigenvalue weighted by molar-refractivity contribution is 0.194. The Bertz CT molecular complexity index is 677. The first-order chi connectivity index (χ1) is 9.13. The van der Waals surface area contributed by atoms with E-state index in [4.69, 9.17) is 10.4 Å². The molecule has 96 valence electrons. The molecule has 2 aromatic carbocycles. The van der Waals surface area contributed by atoms with Crippen molar-refractivity contribution < 1.29 is 14.3 Å². The summed E-state index contributed by atoms with van der Waals surface area (Å²) in [5.41, 5.74) is 0.485. The summed E-state index contributed by atoms with van der Waals surface area (Å²) in [4.78, 5) is 10.4. The van der Waals surface area contributed by atoms with Gasteiger partial charge in [0.05, 0.1) is 11.6 Å². The van der Waals surface area contributed by atoms with Crippen LogP contribution in [0.1, 0.15) is 11.1 Å². The Morgan fingerprint density at radius 3 is 2.84 bits per heavy atom. The molecule has 0 spiro atoms. The molecule has 2 rings (SSSR count). The van der Waals surface area contributed by atoms with Crippen molar-refractivity contribution in [1.82, 2.24) is 5.32 Å². The Balaban J connectivity index is 2.44. The number of amides is 1. The molecule has 4 nitrogen and oxygen atoms in total. The highest BCUT2D eigenvalue weighted by molar-refractivity contribution is 5.85. The number of benzene rings is 2. The number of hydrogen-bond donors (Lipinski definition) is 2. The van der Waals surface area contributed by atoms with Crippen LogP contribution in [-0.4, -0.2) is 17.7 Å². The summed E-state index contributed by atoms with van der Waals surface area (Å²) in [5, 5.41) is 20.8. The molecule has 0 heterocycles. The van der Waals surface area contributed by atoms with E-state index in [1.807, 2.05) is 6.07 Å². The minimum atomic E-state index is -1.17. The van der Waals surface area contributed by atoms with Gasteiger partial charge in [-0.05, 0) is 17.9 Å². The Labute approximate surface area is 109 Å². The minimum absolute atomic E-state index is 0.0687. The van der Waals surface area contributed by atoms with Gasteiger partial charge in [0.2, 0.25) is 0 Å². The van der Waals surface area contributed by atoms with Crippen LogP contribution in [0.3, 0.4) is 0 Å². The van der Waals surface area contributed by atoms with Crippen LogP contribution in [0.25, 0.3) is 10.8 Å². The quantitative estimate of drug-likeness (QED) is 0.888. The molecular weight excluding hydrogens is 247 g/mol. The van der Waals surface area contributed by atoms with E-state index in [-0.39, 0.29) is 24.1 Å². The lowest BCUT2D eigenvalue weighted by atomic mass is 9.98. The van der Waals surface area contributed by atoms with Crippen LogP contribution in [0.2, 0.25) is 0 Å². The third kappa shape index (κ3) is 2.63. The molecule has 0 unspecified atom stereocenters. The molecule has 2 aromatic rings. The third-order valence-electron chi connectivity index (χ3n) is 2.86. The molecule has 0 bridgehead atoms. The number of halogens is 1. The molecule has 0 aromatic heterocycles. The second-order valence-corrected chi connectivity index (χ2v) is 4.03. The Morgan fingerprint density at radius 1 is 1.42 bits per heavy atom. The van der Waals surface area contributed by atoms with E-state index in [9.17, 15) is 9.18 Å². The summed E-state index contributed by atoms with van der Waals surface area (Å²) >= 11 is 0. The molecule has 19 heavy (non-hydrogen) atoms. The Kier molecular flexibility index (Phi) is 3.62. The van der Waals surface area contributed by atoms with E-state index in [0.29, 0.717) is 10.8 Å². The summed E-state index contributed by atoms with van der Waals surface area (Å²) < 4.78 is 14.3. The number of hydrogen-bond acceptors (Lipinski definition) is 2. The zero-order valence-electron chi connectivity index (χ0n) is 9.98. The van der Waals surface area contributed by atoms with Crippen molar-refractivity contribution in [3.8, 4) is 6.07 Å². The number of fused-ring (bicyclic) bond motifs is 1. The predicted octanol–water partition coefficient (Wildman–Crippen LogP) is 2.66. The Morgan fingerprint density at radius 2 is 2.16 bits per heavy atom. The molecule has 0 saturated carbocycles. The number of nitrogens with one attached hydrogen (secondary N) is 1. The predicted molar refractivity (Wildman–Crippen MR) is 68.4 cm³/mol. The van der Waals surface area contributed by atoms with Gasteiger partial charge in [0.15, 0.2) is 0 Å². The number of rotatable bonds is 3. The van der Waals surface area contributed by atoms with Crippen LogP contribution in [0.4, 0.5) is 9.18 Å². The maximum Gasteiger partial charge on any atom is 0.404 e. The smallest absolute Gasteiger partial charge is 0.404 e. The van der Waals surface area contributed by atoms with Gasteiger partial charge in [-0.15, -0.1) is 0 Å². The van der Waals surface area contributed by atoms with Gasteiger partial charge in [0.25, 0.3) is 0 Å². The number of carbonyl (C=O) groups is 1. The first kappa shape index (κ1) is 12.8. The second kappa shape index (κ2) is 5.36. The van der Waals surface area contributed by atoms with E-state index in [1.165, 1.54) is 0 Å². The van der Waals surface area contributed by atoms with Crippen molar-refractivity contribution in [3.05, 3.63) is 47.3 Å². The van der Waals surface area contributed by atoms with Crippen LogP contribution in [0.5, 0.6) is 0 Å². The fraction of sp³-hybridized carbons (Fsp3) is 0.143. The van der Waals surface area contributed by atoms with Gasteiger partial charge >= 0.3 is 6.09 Å². The van der Waals surface area contributed by atoms with Crippen LogP contribution in [-0.2, 0) is 6.42 Å². The van der Waals surface area contributed by atoms with Gasteiger partial charge in [-0.25, -0.2) is 9.18 Å². The summed E-state index contributed by atoms with van der Waals surface area (Å²) in [6.07, 6.45) is -1.02. The molecule has 0 saturated heterocycles. The lowest BCUT2D eigenvalue weighted by Gasteiger charge is -2.09. The van der Waals surface area contributed by atoms with Crippen molar-refractivity contribution in [3.63, 3.8) is 0 Å². The van der Waals surface area contributed by atoms with Gasteiger partial charge < -0.3 is 10.4 Å². The third-order valence-corrected chi connectivity index (χ3v) is 2.86. The molecule has 0 atom stereocenters. The van der Waals surface area contributed by atoms with E-state index in [0.717, 1.165) is 0 Å². The molecule has 2 N–H and O–H groups in total. The first-order valence-electron chi connectivity index (χ1n) is 5.70. The largest absolute Gasteiger partial charge is 0.465 e. The zero-order valence-corrected chi connectivity index (χ0v) is 9.98. The standard InChI is InChI=1S/C14H11FN2O2/c15-13-11-4-2-1-3-9(11)7-10(8-16)12(13)5-6-17-14(18)19/h1-4,7,17H,5-6H2,(H,18,19). The first-order valence-corrected chi connectivity index (χ1v) is 5.70. The highest BCUT2D eigenvalue weighted by Gasteiger charge is 2.13. The summed E-state index contributed by atoms with van der Waals surface area (Å²) in [6, 6.07) is 10.4. The van der Waals surface area contributed by atoms with Crippen molar-refractivity contribution in [2.24, 2.45) is 0 Å². The maximum absolute atomic E-state index is 14.3. The number of nitrogens with zero attached hydrogens (tertiary/aromatic N) is 1. The fourth-order valence-corrected chi connectivity index (χ4v) is 1.98. The van der Waals surface area contributed by atoms with Crippen molar-refractivity contribution in [1.29, 1.82) is 5.26 Å². The highest BCUT2D eigenvalue weighted by atomic mass is 19.1. The van der Waals surface area contributed by atoms with Crippen LogP contribution in [0.15, 0.2) is 30.3 Å². The van der Waals surface area contributed by atoms with Gasteiger partial charge in [-0.2, -0.15) is 5.26 Å². The number of nitriles is 1. The van der Waals surface area contributed by atoms with Gasteiger partial charge in [0.1, 0.15) is 5.82 Å². The molecule has 0 fully saturated rings. The van der Waals surface area contributed by atoms with Crippen molar-refractivity contribution >= 4 is 16.9 Å². The van der Waals surface area contributed by atoms with Crippen LogP contribution < -0.4 is 5.32 Å². The SMILES string of the molecule is N#Cc1cc2ccccc2c(F)c1CCNC(=O)O. The van der Waals surface area contributed by atoms with E-state index < -0.39 is 11.9 Å². The Hall–Kier alpha value is -2.61. The highest BCUT2D eigenvalue weighted by Crippen LogP contribution is 2.24. The fourth-order valence-electron chi connectivity index (χ4n) is 1.98. The average molecular weight is 258 g/mol. The molecule has 0 aliphatic carbocycles. The van der Waals surface area contributed by atoms with Crippen molar-refractivity contribution in [2.45, 2.75) is 6.42 Å². The maximum atomic E-state index is 14.3. The number of carboxylic acid groups (broad SMARTS) is 1. The van der Waals surface area contributed by atoms with Crippen LogP contribution in [0, 0.1) is 17.1 Å². The molecule has 0 radical (unpaired) electrons. The normalized spacial score (nSPS) is 10.1. The summed E-state index contributed by atoms with van der Waals surface area (Å²) in [6.45, 7) is 0.0687. The van der Waals surface area contributed by atoms with E-state index in [1.54, 1.807) is 30.3 Å². The zero-order chi connectivity index (χ0) is 13.8. The van der Waals surface area contributed by atoms with E-state index >= 15 is 0 Å². The average Bonchev–Trinajstić information content (AvgIpc) is 2.40. The topological polar surface area (TPSA) is 73.1 Å². The molecule has 5 heteroatoms. The lowest BCUT2D eigenvalue weighted by Crippen LogP contribution is -2.23. The molecule has 1 amide bonds. The summed E-state index contributed by atoms with van der Waals surface area (Å²) in [7, 11) is 0. The minimum Gasteiger partial charge on any atom is -0.465 e. The molecular formula is C14H11FN2O2. The molecule has 0 aliphatic rings. The monoisotopic (exact) mass is 258 g/mol. The summed E-state index contributed by atoms with van der Waals surface area (Å²) in [5.74, 6) is -0.457. The van der Waals surface area contributed by atoms with Gasteiger partial charge in [-0.3, -0.25) is 0 Å².